The van der Waals surface area contributed by atoms with Crippen molar-refractivity contribution in [2.75, 3.05) is 6.61 Å². The summed E-state index contributed by atoms with van der Waals surface area (Å²) in [5.41, 5.74) is 2.27. The Balaban J connectivity index is 1.37. The molecule has 0 aliphatic carbocycles. The first-order valence-corrected chi connectivity index (χ1v) is 14.4. The summed E-state index contributed by atoms with van der Waals surface area (Å²) in [4.78, 5) is 8.64. The van der Waals surface area contributed by atoms with Gasteiger partial charge in [-0.2, -0.15) is 4.98 Å². The van der Waals surface area contributed by atoms with E-state index in [1.165, 1.54) is 18.2 Å². The van der Waals surface area contributed by atoms with Crippen molar-refractivity contribution in [2.24, 2.45) is 0 Å². The second kappa shape index (κ2) is 13.3. The molecule has 1 heterocycles. The van der Waals surface area contributed by atoms with E-state index >= 15 is 0 Å². The second-order valence-electron chi connectivity index (χ2n) is 9.33. The molecule has 4 aromatic carbocycles. The average molecular weight is 589 g/mol. The summed E-state index contributed by atoms with van der Waals surface area (Å²) in [5.74, 6) is -1.39. The summed E-state index contributed by atoms with van der Waals surface area (Å²) in [6.07, 6.45) is -0.421. The Morgan fingerprint density at radius 3 is 1.90 bits per heavy atom. The molecular weight excluding hydrogens is 562 g/mol. The number of hydrogen-bond acceptors (Lipinski definition) is 5. The van der Waals surface area contributed by atoms with Crippen LogP contribution in [0.4, 0.5) is 8.78 Å². The van der Waals surface area contributed by atoms with E-state index in [4.69, 9.17) is 21.1 Å². The Morgan fingerprint density at radius 2 is 1.34 bits per heavy atom. The molecular formula is C33H27ClF2N2O2S. The van der Waals surface area contributed by atoms with Crippen LogP contribution in [-0.2, 0) is 16.1 Å². The molecule has 41 heavy (non-hydrogen) atoms. The zero-order valence-electron chi connectivity index (χ0n) is 22.2. The minimum atomic E-state index is -0.898. The van der Waals surface area contributed by atoms with Gasteiger partial charge in [0.2, 0.25) is 5.88 Å². The molecule has 0 saturated heterocycles. The van der Waals surface area contributed by atoms with Gasteiger partial charge in [-0.3, -0.25) is 0 Å². The molecule has 0 aliphatic rings. The molecule has 0 bridgehead atoms. The molecule has 0 aliphatic heterocycles. The van der Waals surface area contributed by atoms with Gasteiger partial charge in [0, 0.05) is 17.4 Å². The average Bonchev–Trinajstić information content (AvgIpc) is 3.00. The van der Waals surface area contributed by atoms with Gasteiger partial charge in [0.05, 0.1) is 6.61 Å². The van der Waals surface area contributed by atoms with Crippen LogP contribution in [-0.4, -0.2) is 22.7 Å². The predicted molar refractivity (Wildman–Crippen MR) is 158 cm³/mol. The molecule has 5 aromatic rings. The van der Waals surface area contributed by atoms with E-state index in [-0.39, 0.29) is 34.1 Å². The number of nitrogens with zero attached hydrogens (tertiary/aromatic N) is 2. The lowest BCUT2D eigenvalue weighted by Gasteiger charge is -2.36. The third-order valence-corrected chi connectivity index (χ3v) is 7.53. The van der Waals surface area contributed by atoms with Crippen molar-refractivity contribution in [3.8, 4) is 5.88 Å². The molecule has 0 fully saturated rings. The third kappa shape index (κ3) is 6.76. The molecule has 4 nitrogen and oxygen atoms in total. The molecule has 208 valence electrons. The van der Waals surface area contributed by atoms with Gasteiger partial charge in [-0.25, -0.2) is 13.8 Å². The lowest BCUT2D eigenvalue weighted by molar-refractivity contribution is -0.0267. The third-order valence-electron chi connectivity index (χ3n) is 6.44. The molecule has 0 radical (unpaired) electrons. The van der Waals surface area contributed by atoms with Crippen LogP contribution in [0.5, 0.6) is 5.88 Å². The fourth-order valence-corrected chi connectivity index (χ4v) is 5.60. The van der Waals surface area contributed by atoms with Gasteiger partial charge in [-0.1, -0.05) is 126 Å². The van der Waals surface area contributed by atoms with Crippen LogP contribution in [0.2, 0.25) is 5.15 Å². The van der Waals surface area contributed by atoms with Gasteiger partial charge in [0.25, 0.3) is 0 Å². The minimum absolute atomic E-state index is 0.135. The van der Waals surface area contributed by atoms with Crippen LogP contribution < -0.4 is 4.74 Å². The smallest absolute Gasteiger partial charge is 0.219 e. The molecule has 0 spiro atoms. The van der Waals surface area contributed by atoms with Gasteiger partial charge in [0.15, 0.2) is 16.8 Å². The molecule has 0 unspecified atom stereocenters. The molecule has 0 amide bonds. The summed E-state index contributed by atoms with van der Waals surface area (Å²) in [6, 6.07) is 35.8. The molecule has 1 aromatic heterocycles. The molecule has 0 N–H and O–H groups in total. The fraction of sp³-hybridized carbons (Fsp3) is 0.152. The number of thioether (sulfide) groups is 1. The van der Waals surface area contributed by atoms with Crippen LogP contribution in [0.1, 0.15) is 29.2 Å². The van der Waals surface area contributed by atoms with Crippen molar-refractivity contribution in [2.45, 2.75) is 29.5 Å². The van der Waals surface area contributed by atoms with Crippen LogP contribution in [0.25, 0.3) is 0 Å². The monoisotopic (exact) mass is 588 g/mol. The van der Waals surface area contributed by atoms with Crippen LogP contribution in [0.3, 0.4) is 0 Å². The summed E-state index contributed by atoms with van der Waals surface area (Å²) in [5, 5.41) is 0.467. The Bertz CT molecular complexity index is 1480. The van der Waals surface area contributed by atoms with Crippen molar-refractivity contribution in [3.05, 3.63) is 154 Å². The van der Waals surface area contributed by atoms with Crippen molar-refractivity contribution in [1.29, 1.82) is 0 Å². The van der Waals surface area contributed by atoms with E-state index in [0.717, 1.165) is 34.5 Å². The lowest BCUT2D eigenvalue weighted by atomic mass is 9.80. The van der Waals surface area contributed by atoms with E-state index < -0.39 is 23.3 Å². The molecule has 8 heteroatoms. The van der Waals surface area contributed by atoms with Crippen molar-refractivity contribution >= 4 is 23.4 Å². The van der Waals surface area contributed by atoms with Gasteiger partial charge >= 0.3 is 0 Å². The second-order valence-corrected chi connectivity index (χ2v) is 10.7. The Kier molecular flexibility index (Phi) is 9.29. The first kappa shape index (κ1) is 28.7. The first-order chi connectivity index (χ1) is 20.0. The van der Waals surface area contributed by atoms with Gasteiger partial charge in [-0.15, -0.1) is 0 Å². The highest BCUT2D eigenvalue weighted by Crippen LogP contribution is 2.40. The number of benzene rings is 4. The van der Waals surface area contributed by atoms with E-state index in [1.807, 2.05) is 61.5 Å². The SMILES string of the molecule is C[C@H](COC(c1ccccc1)(c1ccccc1)c1ccccc1)Oc1cc(Cl)nc(SCc2cccc(F)c2F)n1. The van der Waals surface area contributed by atoms with E-state index in [9.17, 15) is 8.78 Å². The summed E-state index contributed by atoms with van der Waals surface area (Å²) in [6.45, 7) is 2.11. The fourth-order valence-electron chi connectivity index (χ4n) is 4.56. The maximum absolute atomic E-state index is 14.1. The standard InChI is InChI=1S/C33H27ClF2N2O2S/c1-23(40-30-20-29(34)37-32(38-30)41-22-24-12-11-19-28(35)31(24)36)21-39-33(25-13-5-2-6-14-25,26-15-7-3-8-16-26)27-17-9-4-10-18-27/h2-20,23H,21-22H2,1H3/t23-/m1/s1. The first-order valence-electron chi connectivity index (χ1n) is 13.0. The van der Waals surface area contributed by atoms with Crippen molar-refractivity contribution in [1.82, 2.24) is 9.97 Å². The maximum atomic E-state index is 14.1. The van der Waals surface area contributed by atoms with Crippen LogP contribution in [0, 0.1) is 11.6 Å². The minimum Gasteiger partial charge on any atom is -0.472 e. The number of halogens is 3. The van der Waals surface area contributed by atoms with Gasteiger partial charge < -0.3 is 9.47 Å². The zero-order chi connectivity index (χ0) is 28.7. The van der Waals surface area contributed by atoms with E-state index in [0.29, 0.717) is 0 Å². The topological polar surface area (TPSA) is 44.2 Å². The maximum Gasteiger partial charge on any atom is 0.219 e. The van der Waals surface area contributed by atoms with Crippen LogP contribution in [0.15, 0.2) is 120 Å². The Morgan fingerprint density at radius 1 is 0.780 bits per heavy atom. The molecule has 1 atom stereocenters. The lowest BCUT2D eigenvalue weighted by Crippen LogP contribution is -2.36. The van der Waals surface area contributed by atoms with Crippen molar-refractivity contribution < 1.29 is 18.3 Å². The number of ether oxygens (including phenoxy) is 2. The van der Waals surface area contributed by atoms with Gasteiger partial charge in [-0.05, 0) is 29.7 Å². The molecule has 5 rings (SSSR count). The molecule has 0 saturated carbocycles. The Hall–Kier alpha value is -3.78. The highest BCUT2D eigenvalue weighted by molar-refractivity contribution is 7.98. The zero-order valence-corrected chi connectivity index (χ0v) is 23.8. The van der Waals surface area contributed by atoms with E-state index in [1.54, 1.807) is 0 Å². The number of rotatable bonds is 11. The number of aromatic nitrogens is 2. The normalized spacial score (nSPS) is 12.2. The van der Waals surface area contributed by atoms with E-state index in [2.05, 4.69) is 46.4 Å². The number of hydrogen-bond donors (Lipinski definition) is 0. The predicted octanol–water partition coefficient (Wildman–Crippen LogP) is 8.48. The van der Waals surface area contributed by atoms with Crippen LogP contribution >= 0.6 is 23.4 Å². The highest BCUT2D eigenvalue weighted by atomic mass is 35.5. The highest BCUT2D eigenvalue weighted by Gasteiger charge is 2.38. The summed E-state index contributed by atoms with van der Waals surface area (Å²) >= 11 is 7.39. The summed E-state index contributed by atoms with van der Waals surface area (Å²) < 4.78 is 40.6. The van der Waals surface area contributed by atoms with Crippen molar-refractivity contribution in [3.63, 3.8) is 0 Å². The van der Waals surface area contributed by atoms with Gasteiger partial charge in [0.1, 0.15) is 16.9 Å². The summed E-state index contributed by atoms with van der Waals surface area (Å²) in [7, 11) is 0. The quantitative estimate of drug-likeness (QED) is 0.0670. The Labute approximate surface area is 247 Å². The largest absolute Gasteiger partial charge is 0.472 e.